The Morgan fingerprint density at radius 3 is 2.47 bits per heavy atom. The molecule has 8 heteroatoms. The van der Waals surface area contributed by atoms with Crippen molar-refractivity contribution in [2.24, 2.45) is 0 Å². The Labute approximate surface area is 197 Å². The number of carbonyl (C=O) groups is 1. The van der Waals surface area contributed by atoms with E-state index in [1.165, 1.54) is 37.5 Å². The molecule has 3 rings (SSSR count). The van der Waals surface area contributed by atoms with Gasteiger partial charge < -0.3 is 14.8 Å². The molecule has 0 bridgehead atoms. The third-order valence-corrected chi connectivity index (χ3v) is 5.07. The van der Waals surface area contributed by atoms with Gasteiger partial charge in [0.15, 0.2) is 0 Å². The third kappa shape index (κ3) is 6.20. The Morgan fingerprint density at radius 1 is 1.15 bits per heavy atom. The molecular weight excluding hydrogens is 434 g/mol. The number of benzene rings is 3. The van der Waals surface area contributed by atoms with E-state index in [4.69, 9.17) is 9.47 Å². The van der Waals surface area contributed by atoms with Crippen LogP contribution in [0.25, 0.3) is 6.08 Å². The molecule has 0 aliphatic carbocycles. The van der Waals surface area contributed by atoms with Crippen molar-refractivity contribution < 1.29 is 19.2 Å². The molecule has 0 spiro atoms. The maximum absolute atomic E-state index is 12.7. The van der Waals surface area contributed by atoms with Crippen LogP contribution in [0.15, 0.2) is 78.4 Å². The van der Waals surface area contributed by atoms with Crippen LogP contribution in [0.1, 0.15) is 29.7 Å². The first kappa shape index (κ1) is 24.0. The smallest absolute Gasteiger partial charge is 0.269 e. The lowest BCUT2D eigenvalue weighted by Crippen LogP contribution is -2.27. The number of rotatable bonds is 9. The first-order valence-corrected chi connectivity index (χ1v) is 10.4. The molecule has 1 atom stereocenters. The minimum atomic E-state index is -0.480. The number of nitriles is 1. The summed E-state index contributed by atoms with van der Waals surface area (Å²) in [6, 6.07) is 22.1. The number of hydrogen-bond donors (Lipinski definition) is 1. The Kier molecular flexibility index (Phi) is 7.97. The molecule has 1 amide bonds. The van der Waals surface area contributed by atoms with Crippen molar-refractivity contribution in [1.29, 1.82) is 5.26 Å². The molecule has 0 aliphatic rings. The van der Waals surface area contributed by atoms with Crippen LogP contribution in [-0.2, 0) is 11.4 Å². The summed E-state index contributed by atoms with van der Waals surface area (Å²) in [6.45, 7) is 1.98. The Bertz CT molecular complexity index is 1230. The summed E-state index contributed by atoms with van der Waals surface area (Å²) >= 11 is 0. The lowest BCUT2D eigenvalue weighted by atomic mass is 10.1. The number of nitrogens with zero attached hydrogens (tertiary/aromatic N) is 2. The van der Waals surface area contributed by atoms with Crippen molar-refractivity contribution in [2.75, 3.05) is 7.11 Å². The highest BCUT2D eigenvalue weighted by Gasteiger charge is 2.14. The summed E-state index contributed by atoms with van der Waals surface area (Å²) in [7, 11) is 1.53. The number of nitro benzene ring substituents is 1. The van der Waals surface area contributed by atoms with Gasteiger partial charge in [-0.05, 0) is 48.4 Å². The van der Waals surface area contributed by atoms with Gasteiger partial charge in [-0.1, -0.05) is 36.4 Å². The van der Waals surface area contributed by atoms with Gasteiger partial charge >= 0.3 is 0 Å². The molecule has 3 aromatic carbocycles. The van der Waals surface area contributed by atoms with Gasteiger partial charge in [0.05, 0.1) is 18.1 Å². The molecule has 34 heavy (non-hydrogen) atoms. The highest BCUT2D eigenvalue weighted by atomic mass is 16.6. The number of non-ortho nitro benzene ring substituents is 1. The van der Waals surface area contributed by atoms with Gasteiger partial charge in [-0.2, -0.15) is 5.26 Å². The highest BCUT2D eigenvalue weighted by Crippen LogP contribution is 2.25. The van der Waals surface area contributed by atoms with Crippen molar-refractivity contribution in [1.82, 2.24) is 5.32 Å². The maximum atomic E-state index is 12.7. The van der Waals surface area contributed by atoms with Gasteiger partial charge in [-0.25, -0.2) is 0 Å². The number of nitrogens with one attached hydrogen (secondary N) is 1. The largest absolute Gasteiger partial charge is 0.496 e. The van der Waals surface area contributed by atoms with E-state index in [1.807, 2.05) is 43.3 Å². The molecule has 1 N–H and O–H groups in total. The average Bonchev–Trinajstić information content (AvgIpc) is 2.86. The van der Waals surface area contributed by atoms with Gasteiger partial charge in [0.1, 0.15) is 29.7 Å². The molecule has 172 valence electrons. The predicted octanol–water partition coefficient (Wildman–Crippen LogP) is 4.97. The number of methoxy groups -OCH3 is 1. The minimum absolute atomic E-state index is 0.0269. The van der Waals surface area contributed by atoms with E-state index in [0.717, 1.165) is 5.56 Å². The highest BCUT2D eigenvalue weighted by molar-refractivity contribution is 6.01. The van der Waals surface area contributed by atoms with Crippen molar-refractivity contribution in [3.8, 4) is 17.6 Å². The first-order valence-electron chi connectivity index (χ1n) is 10.4. The number of ether oxygens (including phenoxy) is 2. The van der Waals surface area contributed by atoms with E-state index >= 15 is 0 Å². The standard InChI is InChI=1S/C26H23N3O5/c1-18(20-6-4-3-5-7-20)28-26(30)21(16-27)14-19-8-13-25(33-2)22(15-19)17-34-24-11-9-23(10-12-24)29(31)32/h3-15,18H,17H2,1-2H3,(H,28,30)/b21-14+. The molecule has 0 saturated carbocycles. The second-order valence-electron chi connectivity index (χ2n) is 7.39. The van der Waals surface area contributed by atoms with Crippen molar-refractivity contribution in [3.63, 3.8) is 0 Å². The zero-order valence-electron chi connectivity index (χ0n) is 18.7. The normalized spacial score (nSPS) is 11.7. The summed E-state index contributed by atoms with van der Waals surface area (Å²) in [5.74, 6) is 0.554. The lowest BCUT2D eigenvalue weighted by Gasteiger charge is -2.14. The minimum Gasteiger partial charge on any atom is -0.496 e. The number of hydrogen-bond acceptors (Lipinski definition) is 6. The zero-order chi connectivity index (χ0) is 24.5. The summed E-state index contributed by atoms with van der Waals surface area (Å²) in [6.07, 6.45) is 1.50. The fraction of sp³-hybridized carbons (Fsp3) is 0.154. The zero-order valence-corrected chi connectivity index (χ0v) is 18.7. The van der Waals surface area contributed by atoms with E-state index < -0.39 is 10.8 Å². The first-order chi connectivity index (χ1) is 16.4. The van der Waals surface area contributed by atoms with Gasteiger partial charge in [0, 0.05) is 17.7 Å². The SMILES string of the molecule is COc1ccc(/C=C(\C#N)C(=O)NC(C)c2ccccc2)cc1COc1ccc([N+](=O)[O-])cc1. The molecule has 0 heterocycles. The summed E-state index contributed by atoms with van der Waals surface area (Å²) in [4.78, 5) is 23.0. The van der Waals surface area contributed by atoms with E-state index in [-0.39, 0.29) is 23.9 Å². The summed E-state index contributed by atoms with van der Waals surface area (Å²) in [5.41, 5.74) is 2.19. The third-order valence-electron chi connectivity index (χ3n) is 5.07. The average molecular weight is 457 g/mol. The fourth-order valence-corrected chi connectivity index (χ4v) is 3.24. The van der Waals surface area contributed by atoms with Gasteiger partial charge in [0.25, 0.3) is 11.6 Å². The topological polar surface area (TPSA) is 114 Å². The van der Waals surface area contributed by atoms with Crippen LogP contribution >= 0.6 is 0 Å². The molecule has 0 saturated heterocycles. The molecular formula is C26H23N3O5. The number of amides is 1. The quantitative estimate of drug-likeness (QED) is 0.210. The molecule has 0 aliphatic heterocycles. The van der Waals surface area contributed by atoms with Crippen molar-refractivity contribution >= 4 is 17.7 Å². The molecule has 0 radical (unpaired) electrons. The van der Waals surface area contributed by atoms with E-state index in [0.29, 0.717) is 22.6 Å². The van der Waals surface area contributed by atoms with E-state index in [9.17, 15) is 20.2 Å². The van der Waals surface area contributed by atoms with Crippen LogP contribution in [0, 0.1) is 21.4 Å². The number of nitro groups is 1. The van der Waals surface area contributed by atoms with Gasteiger partial charge in [0.2, 0.25) is 0 Å². The van der Waals surface area contributed by atoms with Crippen LogP contribution in [-0.4, -0.2) is 17.9 Å². The fourth-order valence-electron chi connectivity index (χ4n) is 3.24. The van der Waals surface area contributed by atoms with Crippen LogP contribution in [0.3, 0.4) is 0 Å². The molecule has 0 aromatic heterocycles. The van der Waals surface area contributed by atoms with Crippen LogP contribution in [0.5, 0.6) is 11.5 Å². The Morgan fingerprint density at radius 2 is 1.85 bits per heavy atom. The summed E-state index contributed by atoms with van der Waals surface area (Å²) in [5, 5.41) is 23.2. The Hall–Kier alpha value is -4.64. The predicted molar refractivity (Wildman–Crippen MR) is 127 cm³/mol. The van der Waals surface area contributed by atoms with Crippen molar-refractivity contribution in [2.45, 2.75) is 19.6 Å². The van der Waals surface area contributed by atoms with Crippen LogP contribution in [0.4, 0.5) is 5.69 Å². The molecule has 8 nitrogen and oxygen atoms in total. The second-order valence-corrected chi connectivity index (χ2v) is 7.39. The molecule has 1 unspecified atom stereocenters. The van der Waals surface area contributed by atoms with E-state index in [2.05, 4.69) is 5.32 Å². The van der Waals surface area contributed by atoms with E-state index in [1.54, 1.807) is 18.2 Å². The van der Waals surface area contributed by atoms with Crippen molar-refractivity contribution in [3.05, 3.63) is 105 Å². The Balaban J connectivity index is 1.75. The number of carbonyl (C=O) groups excluding carboxylic acids is 1. The second kappa shape index (κ2) is 11.3. The maximum Gasteiger partial charge on any atom is 0.269 e. The lowest BCUT2D eigenvalue weighted by molar-refractivity contribution is -0.384. The van der Waals surface area contributed by atoms with Crippen LogP contribution < -0.4 is 14.8 Å². The van der Waals surface area contributed by atoms with Crippen LogP contribution in [0.2, 0.25) is 0 Å². The molecule has 0 fully saturated rings. The van der Waals surface area contributed by atoms with Gasteiger partial charge in [-0.15, -0.1) is 0 Å². The van der Waals surface area contributed by atoms with Gasteiger partial charge in [-0.3, -0.25) is 14.9 Å². The summed E-state index contributed by atoms with van der Waals surface area (Å²) < 4.78 is 11.1. The monoisotopic (exact) mass is 457 g/mol. The molecule has 3 aromatic rings.